The molecule has 5 nitrogen and oxygen atoms in total. The fraction of sp³-hybridized carbons (Fsp3) is 0.212. The fourth-order valence-corrected chi connectivity index (χ4v) is 5.59. The lowest BCUT2D eigenvalue weighted by Gasteiger charge is -2.19. The number of carbonyl (C=O) groups is 1. The summed E-state index contributed by atoms with van der Waals surface area (Å²) in [6.07, 6.45) is -12.3. The van der Waals surface area contributed by atoms with Gasteiger partial charge in [-0.3, -0.25) is 4.99 Å². The number of hydrogen-bond acceptors (Lipinski definition) is 4. The number of benzene rings is 4. The van der Waals surface area contributed by atoms with Crippen LogP contribution >= 0.6 is 46.4 Å². The molecule has 280 valence electrons. The highest BCUT2D eigenvalue weighted by molar-refractivity contribution is 6.37. The Morgan fingerprint density at radius 1 is 0.635 bits per heavy atom. The van der Waals surface area contributed by atoms with Crippen LogP contribution < -0.4 is 11.5 Å². The van der Waals surface area contributed by atoms with Crippen molar-refractivity contribution in [1.29, 1.82) is 0 Å². The molecule has 0 saturated carbocycles. The summed E-state index contributed by atoms with van der Waals surface area (Å²) in [5, 5.41) is 9.08. The summed E-state index contributed by atoms with van der Waals surface area (Å²) < 4.78 is 120. The minimum atomic E-state index is -6.02. The van der Waals surface area contributed by atoms with Crippen molar-refractivity contribution in [3.05, 3.63) is 97.4 Å². The van der Waals surface area contributed by atoms with Crippen molar-refractivity contribution < 1.29 is 53.8 Å². The number of nitrogens with zero attached hydrogens (tertiary/aromatic N) is 1. The molecule has 19 heteroatoms. The minimum absolute atomic E-state index is 0.0101. The average molecular weight is 825 g/mol. The number of alkyl halides is 10. The van der Waals surface area contributed by atoms with Gasteiger partial charge in [0.15, 0.2) is 0 Å². The SMILES string of the molecule is Cc1ccc(-c2cc(N)c(N)cc2Cl)c(Cl)c1.Cc1ccc(-c2cc3c(cc2Cl)N=C(C(F)(F)C(F)(F)F)C3)c(Cl)c1.O=C(O)C(F)(F)C(F)(F)F. The lowest BCUT2D eigenvalue weighted by Crippen LogP contribution is -2.44. The van der Waals surface area contributed by atoms with Crippen LogP contribution in [0.1, 0.15) is 16.7 Å². The van der Waals surface area contributed by atoms with Gasteiger partial charge in [0.2, 0.25) is 0 Å². The summed E-state index contributed by atoms with van der Waals surface area (Å²) in [6, 6.07) is 17.1. The zero-order valence-electron chi connectivity index (χ0n) is 26.2. The maximum Gasteiger partial charge on any atom is 0.465 e. The van der Waals surface area contributed by atoms with Gasteiger partial charge in [0.1, 0.15) is 5.71 Å². The van der Waals surface area contributed by atoms with E-state index in [1.54, 1.807) is 30.3 Å². The molecule has 0 radical (unpaired) electrons. The smallest absolute Gasteiger partial charge is 0.465 e. The van der Waals surface area contributed by atoms with E-state index in [0.29, 0.717) is 37.6 Å². The van der Waals surface area contributed by atoms with Gasteiger partial charge in [-0.15, -0.1) is 0 Å². The van der Waals surface area contributed by atoms with Crippen molar-refractivity contribution in [2.24, 2.45) is 4.99 Å². The number of aliphatic carboxylic acids is 1. The quantitative estimate of drug-likeness (QED) is 0.141. The summed E-state index contributed by atoms with van der Waals surface area (Å²) in [5.41, 5.74) is 16.1. The number of nitrogen functional groups attached to an aromatic ring is 2. The van der Waals surface area contributed by atoms with Crippen molar-refractivity contribution in [3.8, 4) is 22.3 Å². The van der Waals surface area contributed by atoms with Gasteiger partial charge < -0.3 is 16.6 Å². The van der Waals surface area contributed by atoms with E-state index in [9.17, 15) is 48.7 Å². The molecule has 0 spiro atoms. The number of hydrogen-bond donors (Lipinski definition) is 3. The molecule has 0 unspecified atom stereocenters. The molecule has 0 amide bonds. The number of nitrogens with two attached hydrogens (primary N) is 2. The van der Waals surface area contributed by atoms with Crippen molar-refractivity contribution >= 4 is 75.1 Å². The zero-order valence-corrected chi connectivity index (χ0v) is 29.3. The first-order valence-electron chi connectivity index (χ1n) is 14.1. The molecule has 0 saturated heterocycles. The maximum atomic E-state index is 13.5. The highest BCUT2D eigenvalue weighted by Gasteiger charge is 2.64. The van der Waals surface area contributed by atoms with Crippen LogP contribution in [0.2, 0.25) is 20.1 Å². The van der Waals surface area contributed by atoms with E-state index < -0.39 is 42.3 Å². The Morgan fingerprint density at radius 2 is 1.06 bits per heavy atom. The van der Waals surface area contributed by atoms with Crippen LogP contribution in [0.25, 0.3) is 22.3 Å². The summed E-state index contributed by atoms with van der Waals surface area (Å²) in [4.78, 5) is 12.6. The minimum Gasteiger partial charge on any atom is -0.477 e. The summed E-state index contributed by atoms with van der Waals surface area (Å²) >= 11 is 24.7. The molecular weight excluding hydrogens is 802 g/mol. The average Bonchev–Trinajstić information content (AvgIpc) is 3.42. The Hall–Kier alpha value is -3.92. The summed E-state index contributed by atoms with van der Waals surface area (Å²) in [5.74, 6) is -13.8. The Kier molecular flexibility index (Phi) is 12.7. The molecule has 1 heterocycles. The number of aliphatic imine (C=N–C) groups is 1. The second-order valence-corrected chi connectivity index (χ2v) is 12.7. The van der Waals surface area contributed by atoms with Gasteiger partial charge in [0, 0.05) is 38.7 Å². The van der Waals surface area contributed by atoms with Crippen molar-refractivity contribution in [2.75, 3.05) is 11.5 Å². The van der Waals surface area contributed by atoms with Gasteiger partial charge in [0.05, 0.1) is 27.1 Å². The van der Waals surface area contributed by atoms with Crippen LogP contribution in [0.15, 0.2) is 65.7 Å². The van der Waals surface area contributed by atoms with Crippen molar-refractivity contribution in [2.45, 2.75) is 44.5 Å². The molecule has 0 aliphatic carbocycles. The molecule has 4 aromatic rings. The number of carboxylic acids is 1. The van der Waals surface area contributed by atoms with Gasteiger partial charge in [-0.25, -0.2) is 4.79 Å². The molecule has 1 aliphatic heterocycles. The van der Waals surface area contributed by atoms with Crippen LogP contribution in [-0.4, -0.2) is 41.0 Å². The molecule has 1 aliphatic rings. The normalized spacial score (nSPS) is 13.0. The molecule has 5 rings (SSSR count). The summed E-state index contributed by atoms with van der Waals surface area (Å²) in [6.45, 7) is 3.83. The number of carboxylic acid groups (broad SMARTS) is 1. The number of fused-ring (bicyclic) bond motifs is 1. The fourth-order valence-electron chi connectivity index (χ4n) is 4.38. The Morgan fingerprint density at radius 3 is 1.46 bits per heavy atom. The highest BCUT2D eigenvalue weighted by Crippen LogP contribution is 2.45. The van der Waals surface area contributed by atoms with E-state index in [4.69, 9.17) is 63.0 Å². The van der Waals surface area contributed by atoms with Crippen molar-refractivity contribution in [3.63, 3.8) is 0 Å². The van der Waals surface area contributed by atoms with Gasteiger partial charge in [-0.2, -0.15) is 43.9 Å². The predicted molar refractivity (Wildman–Crippen MR) is 183 cm³/mol. The third-order valence-electron chi connectivity index (χ3n) is 7.13. The van der Waals surface area contributed by atoms with Gasteiger partial charge in [-0.05, 0) is 66.9 Å². The largest absolute Gasteiger partial charge is 0.477 e. The molecular formula is C33H23Cl4F10N3O2. The van der Waals surface area contributed by atoms with E-state index >= 15 is 0 Å². The van der Waals surface area contributed by atoms with Crippen LogP contribution in [0.3, 0.4) is 0 Å². The molecule has 52 heavy (non-hydrogen) atoms. The maximum absolute atomic E-state index is 13.5. The number of aryl methyl sites for hydroxylation is 2. The molecule has 4 aromatic carbocycles. The monoisotopic (exact) mass is 823 g/mol. The van der Waals surface area contributed by atoms with E-state index in [-0.39, 0.29) is 16.3 Å². The summed E-state index contributed by atoms with van der Waals surface area (Å²) in [7, 11) is 0. The van der Waals surface area contributed by atoms with Gasteiger partial charge in [-0.1, -0.05) is 70.7 Å². The first-order valence-corrected chi connectivity index (χ1v) is 15.6. The molecule has 0 fully saturated rings. The van der Waals surface area contributed by atoms with Crippen LogP contribution in [0.5, 0.6) is 0 Å². The lowest BCUT2D eigenvalue weighted by atomic mass is 9.98. The zero-order chi connectivity index (χ0) is 39.7. The lowest BCUT2D eigenvalue weighted by molar-refractivity contribution is -0.277. The second kappa shape index (κ2) is 15.6. The highest BCUT2D eigenvalue weighted by atomic mass is 35.5. The van der Waals surface area contributed by atoms with E-state index in [2.05, 4.69) is 4.99 Å². The third kappa shape index (κ3) is 9.35. The van der Waals surface area contributed by atoms with Gasteiger partial charge >= 0.3 is 30.2 Å². The molecule has 0 aromatic heterocycles. The first-order chi connectivity index (χ1) is 23.7. The van der Waals surface area contributed by atoms with Gasteiger partial charge in [0.25, 0.3) is 0 Å². The topological polar surface area (TPSA) is 102 Å². The number of anilines is 2. The Bertz CT molecular complexity index is 2030. The Labute approximate surface area is 308 Å². The molecule has 0 bridgehead atoms. The second-order valence-electron chi connectivity index (χ2n) is 11.1. The van der Waals surface area contributed by atoms with Crippen LogP contribution in [0, 0.1) is 13.8 Å². The standard InChI is InChI=1S/C17H10Cl2F5N.C13H12Cl2N2.C3HF5O2/c1-8-2-3-10(12(18)4-8)11-5-9-6-15(16(20,21)17(22,23)24)25-14(9)7-13(11)19;1-7-2-3-8(10(14)4-7)9-5-12(16)13(17)6-11(9)15;4-2(5,1(9)10)3(6,7)8/h2-5,7H,6H2,1H3;2-6H,16-17H2,1H3;(H,9,10). The van der Waals surface area contributed by atoms with Crippen LogP contribution in [-0.2, 0) is 11.2 Å². The van der Waals surface area contributed by atoms with E-state index in [0.717, 1.165) is 22.3 Å². The predicted octanol–water partition coefficient (Wildman–Crippen LogP) is 12.2. The molecule has 5 N–H and O–H groups in total. The van der Waals surface area contributed by atoms with E-state index in [1.165, 1.54) is 12.1 Å². The van der Waals surface area contributed by atoms with Crippen LogP contribution in [0.4, 0.5) is 61.0 Å². The first kappa shape index (κ1) is 42.5. The van der Waals surface area contributed by atoms with Crippen molar-refractivity contribution in [1.82, 2.24) is 0 Å². The Balaban J connectivity index is 0.000000233. The third-order valence-corrected chi connectivity index (χ3v) is 8.38. The van der Waals surface area contributed by atoms with E-state index in [1.807, 2.05) is 32.0 Å². The number of rotatable bonds is 4. The number of halogens is 14. The molecule has 0 atom stereocenters.